The molecule has 0 aliphatic rings. The molecule has 0 bridgehead atoms. The molecule has 0 heterocycles. The van der Waals surface area contributed by atoms with Gasteiger partial charge in [-0.2, -0.15) is 13.2 Å². The average molecular weight is 297 g/mol. The molecular formula is C11H14F3NO3S. The molecule has 0 radical (unpaired) electrons. The van der Waals surface area contributed by atoms with E-state index in [4.69, 9.17) is 10.5 Å². The molecule has 108 valence electrons. The third-order valence-corrected chi connectivity index (χ3v) is 4.75. The van der Waals surface area contributed by atoms with E-state index in [1.165, 1.54) is 25.3 Å². The van der Waals surface area contributed by atoms with Crippen LogP contribution in [0.5, 0.6) is 5.75 Å². The van der Waals surface area contributed by atoms with Gasteiger partial charge in [-0.05, 0) is 25.1 Å². The van der Waals surface area contributed by atoms with E-state index in [1.54, 1.807) is 0 Å². The summed E-state index contributed by atoms with van der Waals surface area (Å²) >= 11 is 0. The van der Waals surface area contributed by atoms with Gasteiger partial charge >= 0.3 is 6.18 Å². The van der Waals surface area contributed by atoms with Crippen molar-refractivity contribution in [1.82, 2.24) is 0 Å². The molecule has 0 aliphatic carbocycles. The second-order valence-corrected chi connectivity index (χ2v) is 5.90. The van der Waals surface area contributed by atoms with Crippen molar-refractivity contribution in [2.45, 2.75) is 22.7 Å². The first kappa shape index (κ1) is 15.8. The van der Waals surface area contributed by atoms with E-state index in [9.17, 15) is 21.6 Å². The molecule has 0 saturated carbocycles. The topological polar surface area (TPSA) is 69.4 Å². The van der Waals surface area contributed by atoms with Crippen LogP contribution in [0.15, 0.2) is 29.2 Å². The van der Waals surface area contributed by atoms with Crippen LogP contribution in [0, 0.1) is 0 Å². The Morgan fingerprint density at radius 1 is 1.32 bits per heavy atom. The number of nitrogens with two attached hydrogens (primary N) is 1. The Labute approximate surface area is 109 Å². The number of methoxy groups -OCH3 is 1. The Balaban J connectivity index is 3.35. The quantitative estimate of drug-likeness (QED) is 0.899. The molecule has 4 nitrogen and oxygen atoms in total. The van der Waals surface area contributed by atoms with E-state index >= 15 is 0 Å². The smallest absolute Gasteiger partial charge is 0.405 e. The number of ether oxygens (including phenoxy) is 1. The first-order valence-electron chi connectivity index (χ1n) is 5.39. The predicted molar refractivity (Wildman–Crippen MR) is 63.7 cm³/mol. The SMILES string of the molecule is COc1ccccc1S(=O)(=O)C(CCN)C(F)(F)F. The van der Waals surface area contributed by atoms with Crippen LogP contribution in [-0.4, -0.2) is 33.5 Å². The molecule has 1 atom stereocenters. The van der Waals surface area contributed by atoms with E-state index in [0.717, 1.165) is 6.07 Å². The lowest BCUT2D eigenvalue weighted by atomic mass is 10.3. The van der Waals surface area contributed by atoms with E-state index in [1.807, 2.05) is 0 Å². The average Bonchev–Trinajstić information content (AvgIpc) is 2.34. The third-order valence-electron chi connectivity index (χ3n) is 2.54. The van der Waals surface area contributed by atoms with Gasteiger partial charge in [-0.1, -0.05) is 12.1 Å². The van der Waals surface area contributed by atoms with E-state index in [-0.39, 0.29) is 12.3 Å². The number of rotatable bonds is 5. The first-order chi connectivity index (χ1) is 8.75. The second kappa shape index (κ2) is 5.79. The molecule has 1 rings (SSSR count). The number of halogens is 3. The van der Waals surface area contributed by atoms with Crippen molar-refractivity contribution in [2.75, 3.05) is 13.7 Å². The normalized spacial score (nSPS) is 14.2. The second-order valence-electron chi connectivity index (χ2n) is 3.80. The van der Waals surface area contributed by atoms with Crippen LogP contribution in [0.1, 0.15) is 6.42 Å². The molecule has 1 unspecified atom stereocenters. The summed E-state index contributed by atoms with van der Waals surface area (Å²) in [6.45, 7) is -0.376. The van der Waals surface area contributed by atoms with Crippen LogP contribution in [0.4, 0.5) is 13.2 Å². The van der Waals surface area contributed by atoms with Gasteiger partial charge in [0.25, 0.3) is 0 Å². The van der Waals surface area contributed by atoms with Crippen LogP contribution >= 0.6 is 0 Å². The standard InChI is InChI=1S/C11H14F3NO3S/c1-18-8-4-2-3-5-9(8)19(16,17)10(6-7-15)11(12,13)14/h2-5,10H,6-7,15H2,1H3. The molecule has 0 amide bonds. The van der Waals surface area contributed by atoms with Gasteiger partial charge in [0.15, 0.2) is 15.1 Å². The van der Waals surface area contributed by atoms with E-state index in [2.05, 4.69) is 0 Å². The lowest BCUT2D eigenvalue weighted by Gasteiger charge is -2.21. The summed E-state index contributed by atoms with van der Waals surface area (Å²) < 4.78 is 67.5. The summed E-state index contributed by atoms with van der Waals surface area (Å²) in [6.07, 6.45) is -5.57. The molecule has 2 N–H and O–H groups in total. The number of para-hydroxylation sites is 1. The minimum absolute atomic E-state index is 0.117. The van der Waals surface area contributed by atoms with Crippen molar-refractivity contribution < 1.29 is 26.3 Å². The van der Waals surface area contributed by atoms with Crippen LogP contribution in [-0.2, 0) is 9.84 Å². The highest BCUT2D eigenvalue weighted by atomic mass is 32.2. The van der Waals surface area contributed by atoms with E-state index in [0.29, 0.717) is 0 Å². The molecule has 0 saturated heterocycles. The molecule has 0 aromatic heterocycles. The monoisotopic (exact) mass is 297 g/mol. The summed E-state index contributed by atoms with van der Waals surface area (Å²) in [5.74, 6) is -0.117. The third kappa shape index (κ3) is 3.38. The lowest BCUT2D eigenvalue weighted by molar-refractivity contribution is -0.131. The Bertz CT molecular complexity index is 528. The van der Waals surface area contributed by atoms with Crippen molar-refractivity contribution in [1.29, 1.82) is 0 Å². The highest BCUT2D eigenvalue weighted by Gasteiger charge is 2.49. The fourth-order valence-electron chi connectivity index (χ4n) is 1.65. The Kier molecular flexibility index (Phi) is 4.81. The van der Waals surface area contributed by atoms with E-state index < -0.39 is 32.6 Å². The molecule has 1 aromatic carbocycles. The maximum absolute atomic E-state index is 12.8. The largest absolute Gasteiger partial charge is 0.495 e. The molecule has 1 aromatic rings. The zero-order valence-corrected chi connectivity index (χ0v) is 11.0. The highest BCUT2D eigenvalue weighted by molar-refractivity contribution is 7.92. The number of hydrogen-bond donors (Lipinski definition) is 1. The minimum Gasteiger partial charge on any atom is -0.495 e. The Morgan fingerprint density at radius 2 is 1.89 bits per heavy atom. The Hall–Kier alpha value is -1.28. The number of hydrogen-bond acceptors (Lipinski definition) is 4. The van der Waals surface area contributed by atoms with Gasteiger partial charge in [0.2, 0.25) is 0 Å². The van der Waals surface area contributed by atoms with Gasteiger partial charge in [0.1, 0.15) is 10.6 Å². The molecular weight excluding hydrogens is 283 g/mol. The van der Waals surface area contributed by atoms with Crippen LogP contribution < -0.4 is 10.5 Å². The van der Waals surface area contributed by atoms with Gasteiger partial charge in [0, 0.05) is 0 Å². The van der Waals surface area contributed by atoms with Crippen molar-refractivity contribution >= 4 is 9.84 Å². The van der Waals surface area contributed by atoms with Gasteiger partial charge < -0.3 is 10.5 Å². The van der Waals surface area contributed by atoms with Crippen molar-refractivity contribution in [3.05, 3.63) is 24.3 Å². The van der Waals surface area contributed by atoms with Gasteiger partial charge in [-0.15, -0.1) is 0 Å². The fraction of sp³-hybridized carbons (Fsp3) is 0.455. The summed E-state index contributed by atoms with van der Waals surface area (Å²) in [5.41, 5.74) is 5.08. The number of benzene rings is 1. The molecule has 0 fully saturated rings. The van der Waals surface area contributed by atoms with Crippen LogP contribution in [0.3, 0.4) is 0 Å². The van der Waals surface area contributed by atoms with Crippen molar-refractivity contribution in [3.63, 3.8) is 0 Å². The molecule has 0 spiro atoms. The molecule has 0 aliphatic heterocycles. The summed E-state index contributed by atoms with van der Waals surface area (Å²) in [6, 6.07) is 5.20. The predicted octanol–water partition coefficient (Wildman–Crippen LogP) is 1.75. The fourth-order valence-corrected chi connectivity index (χ4v) is 3.46. The summed E-state index contributed by atoms with van der Waals surface area (Å²) in [5, 5.41) is -2.53. The molecule has 19 heavy (non-hydrogen) atoms. The number of alkyl halides is 3. The van der Waals surface area contributed by atoms with Crippen LogP contribution in [0.25, 0.3) is 0 Å². The first-order valence-corrected chi connectivity index (χ1v) is 6.93. The van der Waals surface area contributed by atoms with Crippen LogP contribution in [0.2, 0.25) is 0 Å². The Morgan fingerprint density at radius 3 is 2.37 bits per heavy atom. The lowest BCUT2D eigenvalue weighted by Crippen LogP contribution is -2.38. The van der Waals surface area contributed by atoms with Gasteiger partial charge in [-0.25, -0.2) is 8.42 Å². The number of sulfone groups is 1. The molecule has 8 heteroatoms. The highest BCUT2D eigenvalue weighted by Crippen LogP contribution is 2.35. The van der Waals surface area contributed by atoms with Crippen molar-refractivity contribution in [2.24, 2.45) is 5.73 Å². The maximum atomic E-state index is 12.8. The maximum Gasteiger partial charge on any atom is 0.405 e. The zero-order chi connectivity index (χ0) is 14.7. The van der Waals surface area contributed by atoms with Gasteiger partial charge in [0.05, 0.1) is 7.11 Å². The minimum atomic E-state index is -4.88. The summed E-state index contributed by atoms with van der Waals surface area (Å²) in [7, 11) is -3.40. The summed E-state index contributed by atoms with van der Waals surface area (Å²) in [4.78, 5) is -0.478. The zero-order valence-electron chi connectivity index (χ0n) is 10.1. The van der Waals surface area contributed by atoms with Crippen molar-refractivity contribution in [3.8, 4) is 5.75 Å². The van der Waals surface area contributed by atoms with Gasteiger partial charge in [-0.3, -0.25) is 0 Å².